The number of carboxylic acid groups (broad SMARTS) is 1. The molecule has 0 aliphatic carbocycles. The van der Waals surface area contributed by atoms with Crippen LogP contribution in [0.1, 0.15) is 47.5 Å². The molecule has 0 bridgehead atoms. The zero-order valence-corrected chi connectivity index (χ0v) is 13.8. The molecule has 0 saturated heterocycles. The van der Waals surface area contributed by atoms with Gasteiger partial charge in [-0.1, -0.05) is 34.6 Å². The molecule has 0 spiro atoms. The molecule has 0 aliphatic heterocycles. The average Bonchev–Trinajstić information content (AvgIpc) is 2.32. The molecule has 6 nitrogen and oxygen atoms in total. The van der Waals surface area contributed by atoms with Crippen LogP contribution in [0.3, 0.4) is 0 Å². The van der Waals surface area contributed by atoms with Crippen molar-refractivity contribution in [1.29, 1.82) is 0 Å². The second-order valence-corrected chi connectivity index (χ2v) is 7.00. The largest absolute Gasteiger partial charge is 0.481 e. The van der Waals surface area contributed by atoms with Crippen LogP contribution in [0.2, 0.25) is 0 Å². The number of carbonyl (C=O) groups excluding carboxylic acids is 2. The lowest BCUT2D eigenvalue weighted by Crippen LogP contribution is -2.52. The first kappa shape index (κ1) is 19.6. The Bertz CT molecular complexity index is 399. The van der Waals surface area contributed by atoms with Crippen molar-refractivity contribution in [3.63, 3.8) is 0 Å². The van der Waals surface area contributed by atoms with Crippen molar-refractivity contribution in [3.8, 4) is 0 Å². The Morgan fingerprint density at radius 3 is 1.95 bits per heavy atom. The molecule has 0 aromatic rings. The lowest BCUT2D eigenvalue weighted by Gasteiger charge is -2.30. The quantitative estimate of drug-likeness (QED) is 0.774. The molecular formula is C15H28N2O4. The molecule has 0 radical (unpaired) electrons. The van der Waals surface area contributed by atoms with Crippen molar-refractivity contribution in [2.24, 2.45) is 23.0 Å². The summed E-state index contributed by atoms with van der Waals surface area (Å²) in [5.41, 5.74) is 5.41. The van der Waals surface area contributed by atoms with Crippen LogP contribution in [0.4, 0.5) is 0 Å². The summed E-state index contributed by atoms with van der Waals surface area (Å²) in [6.07, 6.45) is 0.146. The van der Waals surface area contributed by atoms with Crippen LogP contribution < -0.4 is 5.73 Å². The minimum absolute atomic E-state index is 0.165. The lowest BCUT2D eigenvalue weighted by atomic mass is 9.86. The smallest absolute Gasteiger partial charge is 0.304 e. The summed E-state index contributed by atoms with van der Waals surface area (Å²) in [7, 11) is 1.37. The SMILES string of the molecule is CC(C)C[C@H](CC(=O)O)C(=O)N(C)C(=O)[C@@H](N)C(C)(C)C. The van der Waals surface area contributed by atoms with E-state index in [2.05, 4.69) is 0 Å². The Morgan fingerprint density at radius 2 is 1.62 bits per heavy atom. The van der Waals surface area contributed by atoms with Gasteiger partial charge in [0.05, 0.1) is 12.5 Å². The summed E-state index contributed by atoms with van der Waals surface area (Å²) in [6.45, 7) is 9.26. The van der Waals surface area contributed by atoms with Crippen LogP contribution in [-0.4, -0.2) is 40.9 Å². The van der Waals surface area contributed by atoms with Crippen molar-refractivity contribution in [3.05, 3.63) is 0 Å². The third-order valence-electron chi connectivity index (χ3n) is 3.39. The topological polar surface area (TPSA) is 101 Å². The summed E-state index contributed by atoms with van der Waals surface area (Å²) < 4.78 is 0. The highest BCUT2D eigenvalue weighted by Gasteiger charge is 2.35. The van der Waals surface area contributed by atoms with Gasteiger partial charge in [-0.2, -0.15) is 0 Å². The van der Waals surface area contributed by atoms with Gasteiger partial charge in [0.15, 0.2) is 0 Å². The highest BCUT2D eigenvalue weighted by Crippen LogP contribution is 2.22. The average molecular weight is 300 g/mol. The van der Waals surface area contributed by atoms with Gasteiger partial charge >= 0.3 is 5.97 Å². The van der Waals surface area contributed by atoms with Gasteiger partial charge in [-0.15, -0.1) is 0 Å². The van der Waals surface area contributed by atoms with E-state index in [1.54, 1.807) is 0 Å². The fraction of sp³-hybridized carbons (Fsp3) is 0.800. The number of likely N-dealkylation sites (N-methyl/N-ethyl adjacent to an activating group) is 1. The van der Waals surface area contributed by atoms with Crippen molar-refractivity contribution in [1.82, 2.24) is 4.90 Å². The number of imide groups is 1. The number of nitrogens with two attached hydrogens (primary N) is 1. The van der Waals surface area contributed by atoms with Gasteiger partial charge in [-0.3, -0.25) is 19.3 Å². The minimum atomic E-state index is -1.05. The zero-order chi connectivity index (χ0) is 17.0. The molecule has 0 rings (SSSR count). The number of carboxylic acids is 1. The number of hydrogen-bond donors (Lipinski definition) is 2. The van der Waals surface area contributed by atoms with E-state index in [1.807, 2.05) is 34.6 Å². The predicted molar refractivity (Wildman–Crippen MR) is 80.4 cm³/mol. The molecule has 0 aromatic heterocycles. The van der Waals surface area contributed by atoms with Gasteiger partial charge in [0, 0.05) is 13.0 Å². The molecule has 2 atom stereocenters. The number of rotatable bonds is 6. The number of amides is 2. The van der Waals surface area contributed by atoms with Crippen molar-refractivity contribution in [2.45, 2.75) is 53.5 Å². The van der Waals surface area contributed by atoms with E-state index in [0.29, 0.717) is 6.42 Å². The van der Waals surface area contributed by atoms with Crippen molar-refractivity contribution in [2.75, 3.05) is 7.05 Å². The van der Waals surface area contributed by atoms with Crippen LogP contribution >= 0.6 is 0 Å². The minimum Gasteiger partial charge on any atom is -0.481 e. The lowest BCUT2D eigenvalue weighted by molar-refractivity contribution is -0.151. The maximum Gasteiger partial charge on any atom is 0.304 e. The highest BCUT2D eigenvalue weighted by atomic mass is 16.4. The van der Waals surface area contributed by atoms with Gasteiger partial charge in [-0.25, -0.2) is 0 Å². The van der Waals surface area contributed by atoms with E-state index in [1.165, 1.54) is 7.05 Å². The van der Waals surface area contributed by atoms with Gasteiger partial charge in [0.25, 0.3) is 0 Å². The summed E-state index contributed by atoms with van der Waals surface area (Å²) in [5.74, 6) is -2.54. The summed E-state index contributed by atoms with van der Waals surface area (Å²) in [6, 6.07) is -0.809. The zero-order valence-electron chi connectivity index (χ0n) is 13.8. The first-order valence-corrected chi connectivity index (χ1v) is 7.16. The molecule has 0 aliphatic rings. The molecule has 0 aromatic carbocycles. The van der Waals surface area contributed by atoms with Crippen LogP contribution in [-0.2, 0) is 14.4 Å². The van der Waals surface area contributed by atoms with Crippen molar-refractivity contribution < 1.29 is 19.5 Å². The van der Waals surface area contributed by atoms with E-state index in [9.17, 15) is 14.4 Å². The number of hydrogen-bond acceptors (Lipinski definition) is 4. The fourth-order valence-electron chi connectivity index (χ4n) is 2.01. The molecule has 0 heterocycles. The Kier molecular flexibility index (Phi) is 7.03. The van der Waals surface area contributed by atoms with Crippen LogP contribution in [0, 0.1) is 17.3 Å². The van der Waals surface area contributed by atoms with Gasteiger partial charge in [0.1, 0.15) is 0 Å². The maximum atomic E-state index is 12.4. The van der Waals surface area contributed by atoms with Crippen LogP contribution in [0.5, 0.6) is 0 Å². The molecule has 0 unspecified atom stereocenters. The number of carbonyl (C=O) groups is 3. The molecule has 6 heteroatoms. The van der Waals surface area contributed by atoms with E-state index >= 15 is 0 Å². The standard InChI is InChI=1S/C15H28N2O4/c1-9(2)7-10(8-11(18)19)13(20)17(6)14(21)12(16)15(3,4)5/h9-10,12H,7-8,16H2,1-6H3,(H,18,19)/t10-,12-/m1/s1. The Labute approximate surface area is 126 Å². The van der Waals surface area contributed by atoms with Gasteiger partial charge in [-0.05, 0) is 17.8 Å². The highest BCUT2D eigenvalue weighted by molar-refractivity contribution is 5.99. The van der Waals surface area contributed by atoms with Crippen LogP contribution in [0.15, 0.2) is 0 Å². The molecule has 3 N–H and O–H groups in total. The monoisotopic (exact) mass is 300 g/mol. The third kappa shape index (κ3) is 6.25. The number of nitrogens with zero attached hydrogens (tertiary/aromatic N) is 1. The molecular weight excluding hydrogens is 272 g/mol. The summed E-state index contributed by atoms with van der Waals surface area (Å²) in [4.78, 5) is 36.5. The number of aliphatic carboxylic acids is 1. The molecule has 2 amide bonds. The maximum absolute atomic E-state index is 12.4. The molecule has 0 saturated carbocycles. The summed E-state index contributed by atoms with van der Waals surface area (Å²) in [5, 5.41) is 8.92. The normalized spacial score (nSPS) is 14.7. The van der Waals surface area contributed by atoms with Gasteiger partial charge in [0.2, 0.25) is 11.8 Å². The molecule has 21 heavy (non-hydrogen) atoms. The first-order chi connectivity index (χ1) is 9.37. The first-order valence-electron chi connectivity index (χ1n) is 7.16. The van der Waals surface area contributed by atoms with E-state index < -0.39 is 35.2 Å². The second kappa shape index (κ2) is 7.54. The van der Waals surface area contributed by atoms with E-state index in [-0.39, 0.29) is 12.3 Å². The Balaban J connectivity index is 5.07. The second-order valence-electron chi connectivity index (χ2n) is 7.00. The van der Waals surface area contributed by atoms with E-state index in [0.717, 1.165) is 4.90 Å². The Morgan fingerprint density at radius 1 is 1.14 bits per heavy atom. The Hall–Kier alpha value is -1.43. The van der Waals surface area contributed by atoms with Crippen molar-refractivity contribution >= 4 is 17.8 Å². The molecule has 122 valence electrons. The van der Waals surface area contributed by atoms with Crippen LogP contribution in [0.25, 0.3) is 0 Å². The summed E-state index contributed by atoms with van der Waals surface area (Å²) >= 11 is 0. The van der Waals surface area contributed by atoms with E-state index in [4.69, 9.17) is 10.8 Å². The predicted octanol–water partition coefficient (Wildman–Crippen LogP) is 1.48. The van der Waals surface area contributed by atoms with Gasteiger partial charge < -0.3 is 10.8 Å². The third-order valence-corrected chi connectivity index (χ3v) is 3.39. The fourth-order valence-corrected chi connectivity index (χ4v) is 2.01. The molecule has 0 fully saturated rings.